The van der Waals surface area contributed by atoms with Gasteiger partial charge in [0.1, 0.15) is 0 Å². The molecule has 0 radical (unpaired) electrons. The zero-order chi connectivity index (χ0) is 15.6. The van der Waals surface area contributed by atoms with Crippen molar-refractivity contribution in [1.82, 2.24) is 9.62 Å². The van der Waals surface area contributed by atoms with Gasteiger partial charge in [-0.3, -0.25) is 4.79 Å². The lowest BCUT2D eigenvalue weighted by atomic mass is 9.92. The second-order valence-electron chi connectivity index (χ2n) is 5.34. The van der Waals surface area contributed by atoms with Crippen molar-refractivity contribution < 1.29 is 22.7 Å². The smallest absolute Gasteiger partial charge is 0.287 e. The van der Waals surface area contributed by atoms with Gasteiger partial charge in [0.05, 0.1) is 12.1 Å². The molecule has 118 valence electrons. The molecule has 1 amide bonds. The summed E-state index contributed by atoms with van der Waals surface area (Å²) >= 11 is 0. The second-order valence-corrected chi connectivity index (χ2v) is 7.42. The normalized spacial score (nSPS) is 23.2. The Balaban J connectivity index is 2.09. The number of carbonyl (C=O) groups is 1. The van der Waals surface area contributed by atoms with Crippen LogP contribution in [0.15, 0.2) is 21.6 Å². The predicted molar refractivity (Wildman–Crippen MR) is 75.3 cm³/mol. The van der Waals surface area contributed by atoms with E-state index >= 15 is 0 Å². The summed E-state index contributed by atoms with van der Waals surface area (Å²) in [6.07, 6.45) is 2.68. The third-order valence-electron chi connectivity index (χ3n) is 3.59. The molecule has 7 nitrogen and oxygen atoms in total. The van der Waals surface area contributed by atoms with Crippen molar-refractivity contribution in [3.63, 3.8) is 0 Å². The number of sulfonamides is 1. The van der Waals surface area contributed by atoms with Crippen LogP contribution in [0.4, 0.5) is 0 Å². The summed E-state index contributed by atoms with van der Waals surface area (Å²) in [5.41, 5.74) is 0. The van der Waals surface area contributed by atoms with Crippen molar-refractivity contribution >= 4 is 15.9 Å². The van der Waals surface area contributed by atoms with E-state index in [2.05, 4.69) is 5.32 Å². The first-order valence-electron chi connectivity index (χ1n) is 6.83. The van der Waals surface area contributed by atoms with Gasteiger partial charge in [-0.15, -0.1) is 0 Å². The molecule has 1 fully saturated rings. The van der Waals surface area contributed by atoms with Crippen molar-refractivity contribution in [3.05, 3.63) is 17.9 Å². The molecule has 0 saturated heterocycles. The van der Waals surface area contributed by atoms with E-state index in [1.165, 1.54) is 26.2 Å². The second kappa shape index (κ2) is 6.17. The van der Waals surface area contributed by atoms with Crippen LogP contribution >= 0.6 is 0 Å². The Hall–Kier alpha value is -1.38. The van der Waals surface area contributed by atoms with Crippen LogP contribution < -0.4 is 5.32 Å². The van der Waals surface area contributed by atoms with Crippen LogP contribution in [0.5, 0.6) is 0 Å². The summed E-state index contributed by atoms with van der Waals surface area (Å²) in [5.74, 6) is -0.589. The molecule has 0 spiro atoms. The quantitative estimate of drug-likeness (QED) is 0.845. The minimum atomic E-state index is -3.70. The van der Waals surface area contributed by atoms with Gasteiger partial charge >= 0.3 is 0 Å². The molecule has 0 aliphatic heterocycles. The molecule has 1 aliphatic rings. The summed E-state index contributed by atoms with van der Waals surface area (Å²) in [4.78, 5) is 12.0. The lowest BCUT2D eigenvalue weighted by molar-refractivity contribution is 0.0694. The molecule has 2 atom stereocenters. The minimum absolute atomic E-state index is 0.0757. The fourth-order valence-corrected chi connectivity index (χ4v) is 3.07. The SMILES string of the molecule is CN(C)S(=O)(=O)c1ccc(C(=O)N[C@H]2CCCC[C@@H]2O)o1. The van der Waals surface area contributed by atoms with Crippen molar-refractivity contribution in [2.24, 2.45) is 0 Å². The largest absolute Gasteiger partial charge is 0.438 e. The number of rotatable bonds is 4. The van der Waals surface area contributed by atoms with Crippen LogP contribution in [-0.2, 0) is 10.0 Å². The van der Waals surface area contributed by atoms with E-state index in [0.29, 0.717) is 12.8 Å². The molecular weight excluding hydrogens is 296 g/mol. The number of furan rings is 1. The van der Waals surface area contributed by atoms with Crippen LogP contribution in [-0.4, -0.2) is 50.0 Å². The highest BCUT2D eigenvalue weighted by Gasteiger charge is 2.27. The number of amides is 1. The van der Waals surface area contributed by atoms with E-state index in [1.54, 1.807) is 0 Å². The molecule has 1 aliphatic carbocycles. The van der Waals surface area contributed by atoms with Gasteiger partial charge in [0.2, 0.25) is 5.09 Å². The standard InChI is InChI=1S/C13H20N2O5S/c1-15(2)21(18,19)12-8-7-11(20-12)13(17)14-9-5-3-4-6-10(9)16/h7-10,16H,3-6H2,1-2H3,(H,14,17)/t9-,10-/m0/s1. The van der Waals surface area contributed by atoms with E-state index in [9.17, 15) is 18.3 Å². The average molecular weight is 316 g/mol. The third-order valence-corrected chi connectivity index (χ3v) is 5.28. The van der Waals surface area contributed by atoms with Crippen molar-refractivity contribution in [2.45, 2.75) is 42.9 Å². The average Bonchev–Trinajstić information content (AvgIpc) is 2.91. The molecule has 0 aromatic carbocycles. The monoisotopic (exact) mass is 316 g/mol. The molecule has 1 heterocycles. The minimum Gasteiger partial charge on any atom is -0.438 e. The van der Waals surface area contributed by atoms with E-state index in [0.717, 1.165) is 17.1 Å². The Morgan fingerprint density at radius 1 is 1.33 bits per heavy atom. The van der Waals surface area contributed by atoms with Crippen molar-refractivity contribution in [2.75, 3.05) is 14.1 Å². The number of aliphatic hydroxyl groups is 1. The van der Waals surface area contributed by atoms with Gasteiger partial charge in [-0.2, -0.15) is 0 Å². The van der Waals surface area contributed by atoms with Gasteiger partial charge in [-0.25, -0.2) is 12.7 Å². The lowest BCUT2D eigenvalue weighted by Gasteiger charge is -2.27. The number of nitrogens with zero attached hydrogens (tertiary/aromatic N) is 1. The van der Waals surface area contributed by atoms with Gasteiger partial charge in [-0.1, -0.05) is 12.8 Å². The summed E-state index contributed by atoms with van der Waals surface area (Å²) in [7, 11) is -0.926. The lowest BCUT2D eigenvalue weighted by Crippen LogP contribution is -2.44. The Morgan fingerprint density at radius 3 is 2.62 bits per heavy atom. The topological polar surface area (TPSA) is 99.9 Å². The van der Waals surface area contributed by atoms with Crippen molar-refractivity contribution in [3.8, 4) is 0 Å². The van der Waals surface area contributed by atoms with Gasteiger partial charge < -0.3 is 14.8 Å². The van der Waals surface area contributed by atoms with Crippen molar-refractivity contribution in [1.29, 1.82) is 0 Å². The number of carbonyl (C=O) groups excluding carboxylic acids is 1. The highest BCUT2D eigenvalue weighted by atomic mass is 32.2. The Morgan fingerprint density at radius 2 is 2.00 bits per heavy atom. The van der Waals surface area contributed by atoms with Crippen LogP contribution in [0.1, 0.15) is 36.2 Å². The molecule has 1 aromatic rings. The van der Waals surface area contributed by atoms with Crippen LogP contribution in [0.25, 0.3) is 0 Å². The van der Waals surface area contributed by atoms with Gasteiger partial charge in [0.15, 0.2) is 5.76 Å². The summed E-state index contributed by atoms with van der Waals surface area (Å²) < 4.78 is 29.9. The molecule has 2 rings (SSSR count). The number of aliphatic hydroxyl groups excluding tert-OH is 1. The maximum atomic E-state index is 12.0. The van der Waals surface area contributed by atoms with E-state index in [1.807, 2.05) is 0 Å². The first-order valence-corrected chi connectivity index (χ1v) is 8.27. The zero-order valence-electron chi connectivity index (χ0n) is 12.1. The maximum absolute atomic E-state index is 12.0. The van der Waals surface area contributed by atoms with E-state index < -0.39 is 22.0 Å². The fraction of sp³-hybridized carbons (Fsp3) is 0.615. The summed E-state index contributed by atoms with van der Waals surface area (Å²) in [5, 5.41) is 12.2. The Bertz CT molecular complexity index is 608. The Labute approximate surface area is 124 Å². The molecule has 8 heteroatoms. The summed E-state index contributed by atoms with van der Waals surface area (Å²) in [6.45, 7) is 0. The van der Waals surface area contributed by atoms with Gasteiger partial charge in [0, 0.05) is 14.1 Å². The molecule has 21 heavy (non-hydrogen) atoms. The zero-order valence-corrected chi connectivity index (χ0v) is 12.9. The van der Waals surface area contributed by atoms with Gasteiger partial charge in [-0.05, 0) is 25.0 Å². The predicted octanol–water partition coefficient (Wildman–Crippen LogP) is 0.563. The fourth-order valence-electron chi connectivity index (χ4n) is 2.28. The van der Waals surface area contributed by atoms with Crippen LogP contribution in [0.2, 0.25) is 0 Å². The molecule has 0 bridgehead atoms. The number of hydrogen-bond acceptors (Lipinski definition) is 5. The number of hydrogen-bond donors (Lipinski definition) is 2. The number of nitrogens with one attached hydrogen (secondary N) is 1. The Kier molecular flexibility index (Phi) is 4.70. The molecule has 2 N–H and O–H groups in total. The van der Waals surface area contributed by atoms with Crippen LogP contribution in [0.3, 0.4) is 0 Å². The first-order chi connectivity index (χ1) is 9.82. The van der Waals surface area contributed by atoms with Gasteiger partial charge in [0.25, 0.3) is 15.9 Å². The third kappa shape index (κ3) is 3.45. The maximum Gasteiger partial charge on any atom is 0.287 e. The molecule has 1 aromatic heterocycles. The summed E-state index contributed by atoms with van der Waals surface area (Å²) in [6, 6.07) is 2.26. The highest BCUT2D eigenvalue weighted by Crippen LogP contribution is 2.20. The molecular formula is C13H20N2O5S. The first kappa shape index (κ1) is 16.0. The van der Waals surface area contributed by atoms with E-state index in [-0.39, 0.29) is 16.9 Å². The highest BCUT2D eigenvalue weighted by molar-refractivity contribution is 7.88. The van der Waals surface area contributed by atoms with Crippen LogP contribution in [0, 0.1) is 0 Å². The van der Waals surface area contributed by atoms with E-state index in [4.69, 9.17) is 4.42 Å². The molecule has 1 saturated carbocycles. The molecule has 0 unspecified atom stereocenters.